The van der Waals surface area contributed by atoms with Gasteiger partial charge in [-0.3, -0.25) is 4.68 Å². The van der Waals surface area contributed by atoms with Crippen molar-refractivity contribution in [2.24, 2.45) is 7.05 Å². The van der Waals surface area contributed by atoms with Crippen LogP contribution in [0.15, 0.2) is 48.7 Å². The first kappa shape index (κ1) is 19.5. The molecule has 0 amide bonds. The van der Waals surface area contributed by atoms with Crippen molar-refractivity contribution < 1.29 is 9.84 Å². The highest BCUT2D eigenvalue weighted by molar-refractivity contribution is 5.90. The molecule has 158 valence electrons. The molecule has 1 aliphatic heterocycles. The summed E-state index contributed by atoms with van der Waals surface area (Å²) in [5, 5.41) is 25.0. The minimum atomic E-state index is 0.172. The topological polar surface area (TPSA) is 76.3 Å². The number of hydrogen-bond donors (Lipinski definition) is 1. The fourth-order valence-electron chi connectivity index (χ4n) is 4.19. The number of methoxy groups -OCH3 is 1. The van der Waals surface area contributed by atoms with E-state index in [0.29, 0.717) is 22.9 Å². The smallest absolute Gasteiger partial charge is 0.147 e. The number of likely N-dealkylation sites (N-methyl/N-ethyl adjacent to an activating group) is 1. The van der Waals surface area contributed by atoms with E-state index in [2.05, 4.69) is 27.1 Å². The Morgan fingerprint density at radius 3 is 2.58 bits per heavy atom. The van der Waals surface area contributed by atoms with Gasteiger partial charge in [0.15, 0.2) is 0 Å². The molecule has 1 N–H and O–H groups in total. The van der Waals surface area contributed by atoms with Crippen LogP contribution in [0.1, 0.15) is 18.5 Å². The summed E-state index contributed by atoms with van der Waals surface area (Å²) in [5.74, 6) is 1.33. The Kier molecular flexibility index (Phi) is 4.82. The van der Waals surface area contributed by atoms with Crippen molar-refractivity contribution in [2.75, 3.05) is 26.7 Å². The Morgan fingerprint density at radius 1 is 1.06 bits per heavy atom. The van der Waals surface area contributed by atoms with Crippen molar-refractivity contribution in [2.45, 2.75) is 12.8 Å². The van der Waals surface area contributed by atoms with E-state index in [9.17, 15) is 5.11 Å². The van der Waals surface area contributed by atoms with E-state index in [1.807, 2.05) is 49.6 Å². The van der Waals surface area contributed by atoms with E-state index < -0.39 is 0 Å². The first-order valence-corrected chi connectivity index (χ1v) is 10.5. The zero-order valence-electron chi connectivity index (χ0n) is 17.9. The number of rotatable bonds is 5. The van der Waals surface area contributed by atoms with Crippen LogP contribution in [0.2, 0.25) is 0 Å². The number of nitrogens with zero attached hydrogens (tertiary/aromatic N) is 5. The standard InChI is InChI=1S/C24H25N5O2/c1-4-29-13-18(14-29)20-7-8-21(26-25-20)19-6-5-15(10-22(19)30)16-9-17-12-28(2)27-24(17)23(11-16)31-3/h5-12,18,30H,4,13-14H2,1-3H3. The molecular formula is C24H25N5O2. The highest BCUT2D eigenvalue weighted by Gasteiger charge is 2.28. The molecule has 0 atom stereocenters. The van der Waals surface area contributed by atoms with Gasteiger partial charge in [0.25, 0.3) is 0 Å². The van der Waals surface area contributed by atoms with Crippen LogP contribution in [-0.4, -0.2) is 56.7 Å². The number of phenolic OH excluding ortho intramolecular Hbond substituents is 1. The third-order valence-corrected chi connectivity index (χ3v) is 6.02. The number of phenols is 1. The van der Waals surface area contributed by atoms with Gasteiger partial charge in [-0.2, -0.15) is 15.3 Å². The number of hydrogen-bond acceptors (Lipinski definition) is 6. The van der Waals surface area contributed by atoms with Crippen molar-refractivity contribution in [3.05, 3.63) is 54.4 Å². The van der Waals surface area contributed by atoms with Crippen LogP contribution in [-0.2, 0) is 7.05 Å². The van der Waals surface area contributed by atoms with Gasteiger partial charge in [0.1, 0.15) is 17.0 Å². The third kappa shape index (κ3) is 3.51. The Morgan fingerprint density at radius 2 is 1.90 bits per heavy atom. The van der Waals surface area contributed by atoms with Gasteiger partial charge in [-0.15, -0.1) is 0 Å². The summed E-state index contributed by atoms with van der Waals surface area (Å²) >= 11 is 0. The van der Waals surface area contributed by atoms with Crippen molar-refractivity contribution >= 4 is 10.9 Å². The van der Waals surface area contributed by atoms with Crippen LogP contribution in [0.25, 0.3) is 33.3 Å². The monoisotopic (exact) mass is 415 g/mol. The molecule has 7 heteroatoms. The summed E-state index contributed by atoms with van der Waals surface area (Å²) < 4.78 is 7.29. The lowest BCUT2D eigenvalue weighted by molar-refractivity contribution is 0.154. The maximum absolute atomic E-state index is 10.7. The molecule has 2 aromatic heterocycles. The molecule has 3 heterocycles. The van der Waals surface area contributed by atoms with Gasteiger partial charge in [0, 0.05) is 43.2 Å². The van der Waals surface area contributed by atoms with E-state index in [4.69, 9.17) is 4.74 Å². The van der Waals surface area contributed by atoms with Gasteiger partial charge < -0.3 is 14.7 Å². The van der Waals surface area contributed by atoms with Gasteiger partial charge in [0.05, 0.1) is 18.5 Å². The first-order chi connectivity index (χ1) is 15.1. The number of aromatic nitrogens is 4. The SMILES string of the molecule is CCN1CC(c2ccc(-c3ccc(-c4cc(OC)c5nn(C)cc5c4)cc3O)nn2)C1. The summed E-state index contributed by atoms with van der Waals surface area (Å²) in [6.07, 6.45) is 1.95. The van der Waals surface area contributed by atoms with Gasteiger partial charge in [0.2, 0.25) is 0 Å². The minimum Gasteiger partial charge on any atom is -0.507 e. The summed E-state index contributed by atoms with van der Waals surface area (Å²) in [4.78, 5) is 2.38. The van der Waals surface area contributed by atoms with Crippen LogP contribution in [0.3, 0.4) is 0 Å². The second-order valence-electron chi connectivity index (χ2n) is 8.04. The molecule has 5 rings (SSSR count). The number of aryl methyl sites for hydroxylation is 1. The Balaban J connectivity index is 1.43. The van der Waals surface area contributed by atoms with Gasteiger partial charge >= 0.3 is 0 Å². The fourth-order valence-corrected chi connectivity index (χ4v) is 4.19. The Labute approximate surface area is 180 Å². The van der Waals surface area contributed by atoms with Crippen LogP contribution >= 0.6 is 0 Å². The summed E-state index contributed by atoms with van der Waals surface area (Å²) in [7, 11) is 3.52. The second kappa shape index (κ2) is 7.67. The summed E-state index contributed by atoms with van der Waals surface area (Å²) in [5.41, 5.74) is 5.01. The molecule has 0 spiro atoms. The van der Waals surface area contributed by atoms with Crippen LogP contribution < -0.4 is 4.74 Å². The quantitative estimate of drug-likeness (QED) is 0.534. The average molecular weight is 415 g/mol. The number of fused-ring (bicyclic) bond motifs is 1. The molecule has 1 aliphatic rings. The molecule has 1 saturated heterocycles. The predicted molar refractivity (Wildman–Crippen MR) is 120 cm³/mol. The van der Waals surface area contributed by atoms with Gasteiger partial charge in [-0.05, 0) is 54.1 Å². The van der Waals surface area contributed by atoms with Crippen molar-refractivity contribution in [1.29, 1.82) is 0 Å². The van der Waals surface area contributed by atoms with Gasteiger partial charge in [-0.25, -0.2) is 0 Å². The lowest BCUT2D eigenvalue weighted by Crippen LogP contribution is -2.44. The van der Waals surface area contributed by atoms with Crippen LogP contribution in [0.4, 0.5) is 0 Å². The van der Waals surface area contributed by atoms with E-state index in [1.54, 1.807) is 17.9 Å². The molecular weight excluding hydrogens is 390 g/mol. The van der Waals surface area contributed by atoms with Crippen molar-refractivity contribution in [1.82, 2.24) is 24.9 Å². The number of likely N-dealkylation sites (tertiary alicyclic amines) is 1. The molecule has 4 aromatic rings. The molecule has 7 nitrogen and oxygen atoms in total. The van der Waals surface area contributed by atoms with E-state index in [1.165, 1.54) is 0 Å². The zero-order valence-corrected chi connectivity index (χ0v) is 17.9. The van der Waals surface area contributed by atoms with Gasteiger partial charge in [-0.1, -0.05) is 13.0 Å². The molecule has 0 saturated carbocycles. The van der Waals surface area contributed by atoms with E-state index >= 15 is 0 Å². The molecule has 1 fully saturated rings. The van der Waals surface area contributed by atoms with Crippen molar-refractivity contribution in [3.63, 3.8) is 0 Å². The lowest BCUT2D eigenvalue weighted by Gasteiger charge is -2.37. The fraction of sp³-hybridized carbons (Fsp3) is 0.292. The second-order valence-corrected chi connectivity index (χ2v) is 8.04. The third-order valence-electron chi connectivity index (χ3n) is 6.02. The van der Waals surface area contributed by atoms with Crippen LogP contribution in [0, 0.1) is 0 Å². The highest BCUT2D eigenvalue weighted by Crippen LogP contribution is 2.36. The van der Waals surface area contributed by atoms with E-state index in [0.717, 1.165) is 47.4 Å². The summed E-state index contributed by atoms with van der Waals surface area (Å²) in [6, 6.07) is 13.6. The molecule has 31 heavy (non-hydrogen) atoms. The Bertz CT molecular complexity index is 1240. The minimum absolute atomic E-state index is 0.172. The molecule has 0 aliphatic carbocycles. The van der Waals surface area contributed by atoms with Crippen LogP contribution in [0.5, 0.6) is 11.5 Å². The molecule has 0 unspecified atom stereocenters. The van der Waals surface area contributed by atoms with Crippen molar-refractivity contribution in [3.8, 4) is 33.9 Å². The number of ether oxygens (including phenoxy) is 1. The lowest BCUT2D eigenvalue weighted by atomic mass is 9.95. The number of aromatic hydroxyl groups is 1. The number of benzene rings is 2. The molecule has 2 aromatic carbocycles. The normalized spacial score (nSPS) is 14.7. The zero-order chi connectivity index (χ0) is 21.5. The maximum Gasteiger partial charge on any atom is 0.147 e. The highest BCUT2D eigenvalue weighted by atomic mass is 16.5. The van der Waals surface area contributed by atoms with E-state index in [-0.39, 0.29) is 5.75 Å². The Hall–Kier alpha value is -3.45. The molecule has 0 radical (unpaired) electrons. The molecule has 0 bridgehead atoms. The predicted octanol–water partition coefficient (Wildman–Crippen LogP) is 3.83. The average Bonchev–Trinajstić information content (AvgIpc) is 3.13. The first-order valence-electron chi connectivity index (χ1n) is 10.5. The largest absolute Gasteiger partial charge is 0.507 e. The maximum atomic E-state index is 10.7. The summed E-state index contributed by atoms with van der Waals surface area (Å²) in [6.45, 7) is 5.31.